The summed E-state index contributed by atoms with van der Waals surface area (Å²) in [5.74, 6) is 0.141. The minimum absolute atomic E-state index is 0.141. The number of aromatic hydroxyl groups is 1. The van der Waals surface area contributed by atoms with Gasteiger partial charge in [-0.15, -0.1) is 0 Å². The molecule has 5 heteroatoms. The maximum absolute atomic E-state index is 9.66. The van der Waals surface area contributed by atoms with Gasteiger partial charge in [0.1, 0.15) is 11.4 Å². The van der Waals surface area contributed by atoms with Gasteiger partial charge in [-0.1, -0.05) is 42.5 Å². The summed E-state index contributed by atoms with van der Waals surface area (Å²) < 4.78 is 5.31. The van der Waals surface area contributed by atoms with Gasteiger partial charge in [-0.2, -0.15) is 4.98 Å². The van der Waals surface area contributed by atoms with Crippen molar-refractivity contribution in [2.24, 2.45) is 4.99 Å². The molecular weight excluding hydrogens is 288 g/mol. The highest BCUT2D eigenvalue weighted by Gasteiger charge is 2.12. The quantitative estimate of drug-likeness (QED) is 0.727. The summed E-state index contributed by atoms with van der Waals surface area (Å²) in [6, 6.07) is 16.5. The molecule has 3 aromatic rings. The van der Waals surface area contributed by atoms with Gasteiger partial charge in [0.15, 0.2) is 0 Å². The van der Waals surface area contributed by atoms with E-state index in [1.54, 1.807) is 24.3 Å². The monoisotopic (exact) mass is 298 g/mol. The van der Waals surface area contributed by atoms with Gasteiger partial charge in [-0.05, 0) is 23.7 Å². The molecule has 0 fully saturated rings. The Kier molecular flexibility index (Phi) is 3.71. The SMILES string of the molecule is Oc1ccccc1/C=N/c1nc(-c2ccccc2)c(Cl)o1. The Morgan fingerprint density at radius 3 is 2.52 bits per heavy atom. The molecule has 2 aromatic carbocycles. The lowest BCUT2D eigenvalue weighted by atomic mass is 10.2. The third-order valence-corrected chi connectivity index (χ3v) is 3.13. The van der Waals surface area contributed by atoms with E-state index in [4.69, 9.17) is 16.0 Å². The molecule has 0 saturated carbocycles. The number of halogens is 1. The van der Waals surface area contributed by atoms with E-state index < -0.39 is 0 Å². The molecule has 0 amide bonds. The molecule has 0 aliphatic heterocycles. The molecule has 21 heavy (non-hydrogen) atoms. The van der Waals surface area contributed by atoms with Crippen LogP contribution in [0.1, 0.15) is 5.56 Å². The molecule has 0 saturated heterocycles. The standard InChI is InChI=1S/C16H11ClN2O2/c17-15-14(11-6-2-1-3-7-11)19-16(21-15)18-10-12-8-4-5-9-13(12)20/h1-10,20H/b18-10+. The molecular formula is C16H11ClN2O2. The zero-order valence-corrected chi connectivity index (χ0v) is 11.7. The number of para-hydroxylation sites is 1. The minimum atomic E-state index is 0.141. The summed E-state index contributed by atoms with van der Waals surface area (Å²) in [6.45, 7) is 0. The molecule has 1 heterocycles. The van der Waals surface area contributed by atoms with Gasteiger partial charge in [0, 0.05) is 17.3 Å². The van der Waals surface area contributed by atoms with Crippen LogP contribution >= 0.6 is 11.6 Å². The molecule has 0 unspecified atom stereocenters. The first-order chi connectivity index (χ1) is 10.2. The number of hydrogen-bond donors (Lipinski definition) is 1. The van der Waals surface area contributed by atoms with Crippen molar-refractivity contribution in [2.75, 3.05) is 0 Å². The second-order valence-electron chi connectivity index (χ2n) is 4.30. The fourth-order valence-electron chi connectivity index (χ4n) is 1.84. The van der Waals surface area contributed by atoms with Crippen molar-refractivity contribution in [3.63, 3.8) is 0 Å². The van der Waals surface area contributed by atoms with Crippen molar-refractivity contribution in [3.05, 3.63) is 65.4 Å². The Labute approximate surface area is 126 Å². The van der Waals surface area contributed by atoms with E-state index in [2.05, 4.69) is 9.98 Å². The number of nitrogens with zero attached hydrogens (tertiary/aromatic N) is 2. The molecule has 0 spiro atoms. The largest absolute Gasteiger partial charge is 0.507 e. The van der Waals surface area contributed by atoms with Crippen LogP contribution in [0, 0.1) is 0 Å². The van der Waals surface area contributed by atoms with Crippen molar-refractivity contribution < 1.29 is 9.52 Å². The number of aliphatic imine (C=N–C) groups is 1. The summed E-state index contributed by atoms with van der Waals surface area (Å²) in [7, 11) is 0. The van der Waals surface area contributed by atoms with E-state index in [9.17, 15) is 5.11 Å². The van der Waals surface area contributed by atoms with Crippen molar-refractivity contribution in [3.8, 4) is 17.0 Å². The fourth-order valence-corrected chi connectivity index (χ4v) is 2.06. The Hall–Kier alpha value is -2.59. The number of benzene rings is 2. The molecule has 0 radical (unpaired) electrons. The number of oxazole rings is 1. The summed E-state index contributed by atoms with van der Waals surface area (Å²) in [5.41, 5.74) is 1.98. The van der Waals surface area contributed by atoms with Crippen LogP contribution < -0.4 is 0 Å². The first-order valence-corrected chi connectivity index (χ1v) is 6.65. The lowest BCUT2D eigenvalue weighted by molar-refractivity contribution is 0.474. The van der Waals surface area contributed by atoms with Gasteiger partial charge in [0.25, 0.3) is 0 Å². The smallest absolute Gasteiger partial charge is 0.323 e. The predicted octanol–water partition coefficient (Wildman–Crippen LogP) is 4.45. The number of rotatable bonds is 3. The normalized spacial score (nSPS) is 11.1. The first-order valence-electron chi connectivity index (χ1n) is 6.28. The van der Waals surface area contributed by atoms with Gasteiger partial charge in [0.05, 0.1) is 0 Å². The van der Waals surface area contributed by atoms with Crippen LogP contribution in [0.5, 0.6) is 5.75 Å². The third kappa shape index (κ3) is 2.95. The van der Waals surface area contributed by atoms with Gasteiger partial charge < -0.3 is 9.52 Å². The molecule has 1 aromatic heterocycles. The predicted molar refractivity (Wildman–Crippen MR) is 82.3 cm³/mol. The van der Waals surface area contributed by atoms with Crippen LogP contribution in [0.4, 0.5) is 6.01 Å². The number of phenols is 1. The number of hydrogen-bond acceptors (Lipinski definition) is 4. The second kappa shape index (κ2) is 5.81. The lowest BCUT2D eigenvalue weighted by Crippen LogP contribution is -1.81. The van der Waals surface area contributed by atoms with Crippen molar-refractivity contribution in [1.29, 1.82) is 0 Å². The van der Waals surface area contributed by atoms with E-state index in [-0.39, 0.29) is 17.0 Å². The van der Waals surface area contributed by atoms with Gasteiger partial charge in [-0.3, -0.25) is 0 Å². The summed E-state index contributed by atoms with van der Waals surface area (Å²) >= 11 is 6.04. The van der Waals surface area contributed by atoms with Crippen molar-refractivity contribution in [2.45, 2.75) is 0 Å². The highest BCUT2D eigenvalue weighted by Crippen LogP contribution is 2.31. The highest BCUT2D eigenvalue weighted by molar-refractivity contribution is 6.31. The maximum Gasteiger partial charge on any atom is 0.323 e. The zero-order chi connectivity index (χ0) is 14.7. The Morgan fingerprint density at radius 2 is 1.76 bits per heavy atom. The average molecular weight is 299 g/mol. The Morgan fingerprint density at radius 1 is 1.05 bits per heavy atom. The molecule has 4 nitrogen and oxygen atoms in total. The zero-order valence-electron chi connectivity index (χ0n) is 10.9. The second-order valence-corrected chi connectivity index (χ2v) is 4.65. The van der Waals surface area contributed by atoms with Crippen LogP contribution in [0.3, 0.4) is 0 Å². The first kappa shape index (κ1) is 13.4. The molecule has 1 N–H and O–H groups in total. The van der Waals surface area contributed by atoms with Crippen LogP contribution in [0.2, 0.25) is 5.22 Å². The molecule has 0 atom stereocenters. The molecule has 104 valence electrons. The van der Waals surface area contributed by atoms with Gasteiger partial charge in [-0.25, -0.2) is 4.99 Å². The van der Waals surface area contributed by atoms with E-state index >= 15 is 0 Å². The van der Waals surface area contributed by atoms with Crippen molar-refractivity contribution >= 4 is 23.8 Å². The van der Waals surface area contributed by atoms with Crippen molar-refractivity contribution in [1.82, 2.24) is 4.98 Å². The topological polar surface area (TPSA) is 58.6 Å². The van der Waals surface area contributed by atoms with Crippen LogP contribution in [-0.4, -0.2) is 16.3 Å². The van der Waals surface area contributed by atoms with Crippen LogP contribution in [0.15, 0.2) is 64.0 Å². The maximum atomic E-state index is 9.66. The van der Waals surface area contributed by atoms with E-state index in [0.717, 1.165) is 5.56 Å². The average Bonchev–Trinajstić information content (AvgIpc) is 2.88. The van der Waals surface area contributed by atoms with Gasteiger partial charge >= 0.3 is 6.01 Å². The van der Waals surface area contributed by atoms with E-state index in [1.165, 1.54) is 6.21 Å². The fraction of sp³-hybridized carbons (Fsp3) is 0. The van der Waals surface area contributed by atoms with E-state index in [1.807, 2.05) is 30.3 Å². The van der Waals surface area contributed by atoms with Crippen LogP contribution in [-0.2, 0) is 0 Å². The Balaban J connectivity index is 1.90. The minimum Gasteiger partial charge on any atom is -0.507 e. The molecule has 0 aliphatic rings. The van der Waals surface area contributed by atoms with Crippen LogP contribution in [0.25, 0.3) is 11.3 Å². The third-order valence-electron chi connectivity index (χ3n) is 2.87. The van der Waals surface area contributed by atoms with Gasteiger partial charge in [0.2, 0.25) is 5.22 Å². The summed E-state index contributed by atoms with van der Waals surface area (Å²) in [6.07, 6.45) is 1.48. The molecule has 0 aliphatic carbocycles. The summed E-state index contributed by atoms with van der Waals surface area (Å²) in [5, 5.41) is 9.84. The number of aromatic nitrogens is 1. The highest BCUT2D eigenvalue weighted by atomic mass is 35.5. The lowest BCUT2D eigenvalue weighted by Gasteiger charge is -1.95. The number of phenolic OH excluding ortho intramolecular Hbond substituents is 1. The molecule has 0 bridgehead atoms. The summed E-state index contributed by atoms with van der Waals surface area (Å²) in [4.78, 5) is 8.34. The molecule has 3 rings (SSSR count). The Bertz CT molecular complexity index is 782. The van der Waals surface area contributed by atoms with E-state index in [0.29, 0.717) is 11.3 Å².